The topological polar surface area (TPSA) is 67.6 Å². The molecule has 1 unspecified atom stereocenters. The van der Waals surface area contributed by atoms with Crippen LogP contribution in [0.3, 0.4) is 0 Å². The first kappa shape index (κ1) is 15.6. The Morgan fingerprint density at radius 1 is 1.48 bits per heavy atom. The number of rotatable bonds is 7. The molecule has 1 atom stereocenters. The van der Waals surface area contributed by atoms with E-state index in [9.17, 15) is 4.79 Å². The normalized spacial score (nSPS) is 18.6. The zero-order valence-electron chi connectivity index (χ0n) is 12.7. The number of nitrogens with zero attached hydrogens (tertiary/aromatic N) is 1. The molecule has 1 aromatic rings. The third-order valence-corrected chi connectivity index (χ3v) is 3.91. The number of amides is 1. The van der Waals surface area contributed by atoms with Crippen molar-refractivity contribution in [3.05, 3.63) is 24.3 Å². The van der Waals surface area contributed by atoms with Gasteiger partial charge in [0.1, 0.15) is 5.75 Å². The second-order valence-electron chi connectivity index (χ2n) is 5.49. The van der Waals surface area contributed by atoms with E-state index < -0.39 is 0 Å². The van der Waals surface area contributed by atoms with Crippen molar-refractivity contribution in [2.24, 2.45) is 5.92 Å². The van der Waals surface area contributed by atoms with Gasteiger partial charge < -0.3 is 20.7 Å². The number of carbonyl (C=O) groups excluding carboxylic acids is 1. The van der Waals surface area contributed by atoms with E-state index in [0.29, 0.717) is 30.4 Å². The molecule has 1 fully saturated rings. The summed E-state index contributed by atoms with van der Waals surface area (Å²) in [7, 11) is 0. The third kappa shape index (κ3) is 4.93. The SMILES string of the molecule is CCN1CCC(CNC(=O)CCOc2ccccc2N)C1. The Labute approximate surface area is 126 Å². The van der Waals surface area contributed by atoms with Crippen LogP contribution in [0, 0.1) is 5.92 Å². The van der Waals surface area contributed by atoms with Crippen LogP contribution in [0.2, 0.25) is 0 Å². The molecule has 21 heavy (non-hydrogen) atoms. The number of hydrogen-bond acceptors (Lipinski definition) is 4. The van der Waals surface area contributed by atoms with Gasteiger partial charge in [0.05, 0.1) is 18.7 Å². The van der Waals surface area contributed by atoms with E-state index in [-0.39, 0.29) is 5.91 Å². The largest absolute Gasteiger partial charge is 0.491 e. The van der Waals surface area contributed by atoms with Crippen LogP contribution in [0.25, 0.3) is 0 Å². The first-order chi connectivity index (χ1) is 10.2. The van der Waals surface area contributed by atoms with E-state index in [1.165, 1.54) is 6.42 Å². The highest BCUT2D eigenvalue weighted by molar-refractivity contribution is 5.76. The number of anilines is 1. The number of likely N-dealkylation sites (tertiary alicyclic amines) is 1. The van der Waals surface area contributed by atoms with Crippen LogP contribution >= 0.6 is 0 Å². The third-order valence-electron chi connectivity index (χ3n) is 3.91. The van der Waals surface area contributed by atoms with Gasteiger partial charge in [-0.15, -0.1) is 0 Å². The van der Waals surface area contributed by atoms with Crippen molar-refractivity contribution in [3.8, 4) is 5.75 Å². The van der Waals surface area contributed by atoms with E-state index in [1.54, 1.807) is 6.07 Å². The number of nitrogen functional groups attached to an aromatic ring is 1. The van der Waals surface area contributed by atoms with Crippen molar-refractivity contribution >= 4 is 11.6 Å². The highest BCUT2D eigenvalue weighted by Gasteiger charge is 2.21. The molecule has 1 aromatic carbocycles. The summed E-state index contributed by atoms with van der Waals surface area (Å²) < 4.78 is 5.52. The summed E-state index contributed by atoms with van der Waals surface area (Å²) in [6.07, 6.45) is 1.53. The van der Waals surface area contributed by atoms with Gasteiger partial charge in [-0.2, -0.15) is 0 Å². The molecule has 0 aromatic heterocycles. The standard InChI is InChI=1S/C16H25N3O2/c1-2-19-9-7-13(12-19)11-18-16(20)8-10-21-15-6-4-3-5-14(15)17/h3-6,13H,2,7-12,17H2,1H3,(H,18,20). The fraction of sp³-hybridized carbons (Fsp3) is 0.562. The first-order valence-electron chi connectivity index (χ1n) is 7.65. The molecule has 5 nitrogen and oxygen atoms in total. The minimum absolute atomic E-state index is 0.0412. The van der Waals surface area contributed by atoms with Gasteiger partial charge in [-0.3, -0.25) is 4.79 Å². The van der Waals surface area contributed by atoms with Gasteiger partial charge in [0, 0.05) is 13.1 Å². The number of benzene rings is 1. The zero-order valence-corrected chi connectivity index (χ0v) is 12.7. The van der Waals surface area contributed by atoms with Crippen molar-refractivity contribution < 1.29 is 9.53 Å². The molecule has 1 heterocycles. The van der Waals surface area contributed by atoms with Crippen molar-refractivity contribution in [2.45, 2.75) is 19.8 Å². The molecule has 0 saturated carbocycles. The maximum absolute atomic E-state index is 11.8. The van der Waals surface area contributed by atoms with Crippen LogP contribution in [0.15, 0.2) is 24.3 Å². The minimum Gasteiger partial charge on any atom is -0.491 e. The maximum Gasteiger partial charge on any atom is 0.223 e. The number of ether oxygens (including phenoxy) is 1. The minimum atomic E-state index is 0.0412. The van der Waals surface area contributed by atoms with E-state index in [4.69, 9.17) is 10.5 Å². The van der Waals surface area contributed by atoms with Crippen LogP contribution in [-0.2, 0) is 4.79 Å². The molecule has 0 aliphatic carbocycles. The van der Waals surface area contributed by atoms with E-state index in [0.717, 1.165) is 26.2 Å². The average Bonchev–Trinajstić information content (AvgIpc) is 2.95. The molecule has 1 amide bonds. The summed E-state index contributed by atoms with van der Waals surface area (Å²) in [6.45, 7) is 6.63. The fourth-order valence-corrected chi connectivity index (χ4v) is 2.58. The van der Waals surface area contributed by atoms with Gasteiger partial charge in [-0.25, -0.2) is 0 Å². The van der Waals surface area contributed by atoms with Crippen LogP contribution < -0.4 is 15.8 Å². The van der Waals surface area contributed by atoms with Crippen molar-refractivity contribution in [1.29, 1.82) is 0 Å². The van der Waals surface area contributed by atoms with Crippen LogP contribution in [-0.4, -0.2) is 43.6 Å². The van der Waals surface area contributed by atoms with Crippen molar-refractivity contribution in [2.75, 3.05) is 38.5 Å². The van der Waals surface area contributed by atoms with Crippen LogP contribution in [0.4, 0.5) is 5.69 Å². The average molecular weight is 291 g/mol. The highest BCUT2D eigenvalue weighted by atomic mass is 16.5. The number of carbonyl (C=O) groups is 1. The lowest BCUT2D eigenvalue weighted by molar-refractivity contribution is -0.121. The number of nitrogens with one attached hydrogen (secondary N) is 1. The maximum atomic E-state index is 11.8. The summed E-state index contributed by atoms with van der Waals surface area (Å²) in [5.74, 6) is 1.26. The Bertz CT molecular complexity index is 465. The summed E-state index contributed by atoms with van der Waals surface area (Å²) >= 11 is 0. The molecule has 5 heteroatoms. The lowest BCUT2D eigenvalue weighted by atomic mass is 10.1. The second-order valence-corrected chi connectivity index (χ2v) is 5.49. The molecule has 116 valence electrons. The van der Waals surface area contributed by atoms with Gasteiger partial charge in [-0.05, 0) is 37.6 Å². The summed E-state index contributed by atoms with van der Waals surface area (Å²) in [4.78, 5) is 14.2. The molecule has 0 bridgehead atoms. The fourth-order valence-electron chi connectivity index (χ4n) is 2.58. The van der Waals surface area contributed by atoms with E-state index in [2.05, 4.69) is 17.1 Å². The quantitative estimate of drug-likeness (QED) is 0.747. The Kier molecular flexibility index (Phi) is 5.87. The van der Waals surface area contributed by atoms with Crippen LogP contribution in [0.5, 0.6) is 5.75 Å². The molecular weight excluding hydrogens is 266 g/mol. The zero-order chi connectivity index (χ0) is 15.1. The van der Waals surface area contributed by atoms with Gasteiger partial charge >= 0.3 is 0 Å². The lowest BCUT2D eigenvalue weighted by Gasteiger charge is -2.14. The number of para-hydroxylation sites is 2. The smallest absolute Gasteiger partial charge is 0.223 e. The van der Waals surface area contributed by atoms with Gasteiger partial charge in [0.15, 0.2) is 0 Å². The van der Waals surface area contributed by atoms with E-state index >= 15 is 0 Å². The van der Waals surface area contributed by atoms with Crippen molar-refractivity contribution in [3.63, 3.8) is 0 Å². The molecule has 0 radical (unpaired) electrons. The molecular formula is C16H25N3O2. The molecule has 2 rings (SSSR count). The molecule has 1 aliphatic rings. The Balaban J connectivity index is 1.61. The summed E-state index contributed by atoms with van der Waals surface area (Å²) in [5, 5.41) is 2.99. The summed E-state index contributed by atoms with van der Waals surface area (Å²) in [6, 6.07) is 7.32. The van der Waals surface area contributed by atoms with Crippen LogP contribution in [0.1, 0.15) is 19.8 Å². The monoisotopic (exact) mass is 291 g/mol. The number of hydrogen-bond donors (Lipinski definition) is 2. The Hall–Kier alpha value is -1.75. The Morgan fingerprint density at radius 3 is 3.00 bits per heavy atom. The summed E-state index contributed by atoms with van der Waals surface area (Å²) in [5.41, 5.74) is 6.38. The van der Waals surface area contributed by atoms with E-state index in [1.807, 2.05) is 18.2 Å². The molecule has 0 spiro atoms. The first-order valence-corrected chi connectivity index (χ1v) is 7.65. The predicted molar refractivity (Wildman–Crippen MR) is 84.2 cm³/mol. The predicted octanol–water partition coefficient (Wildman–Crippen LogP) is 1.50. The van der Waals surface area contributed by atoms with Gasteiger partial charge in [0.2, 0.25) is 5.91 Å². The molecule has 3 N–H and O–H groups in total. The van der Waals surface area contributed by atoms with Gasteiger partial charge in [-0.1, -0.05) is 19.1 Å². The lowest BCUT2D eigenvalue weighted by Crippen LogP contribution is -2.31. The second kappa shape index (κ2) is 7.88. The molecule has 1 saturated heterocycles. The Morgan fingerprint density at radius 2 is 2.29 bits per heavy atom. The number of nitrogens with two attached hydrogens (primary N) is 1. The highest BCUT2D eigenvalue weighted by Crippen LogP contribution is 2.19. The van der Waals surface area contributed by atoms with Crippen molar-refractivity contribution in [1.82, 2.24) is 10.2 Å². The molecule has 1 aliphatic heterocycles. The van der Waals surface area contributed by atoms with Gasteiger partial charge in [0.25, 0.3) is 0 Å².